The van der Waals surface area contributed by atoms with Crippen molar-refractivity contribution in [2.45, 2.75) is 19.6 Å². The van der Waals surface area contributed by atoms with Gasteiger partial charge in [0.25, 0.3) is 0 Å². The maximum atomic E-state index is 10.6. The molecule has 0 amide bonds. The normalized spacial score (nSPS) is 12.6. The van der Waals surface area contributed by atoms with Crippen molar-refractivity contribution in [2.75, 3.05) is 20.8 Å². The van der Waals surface area contributed by atoms with Gasteiger partial charge >= 0.3 is 5.97 Å². The topological polar surface area (TPSA) is 61.8 Å². The third kappa shape index (κ3) is 5.66. The highest BCUT2D eigenvalue weighted by atomic mass is 16.7. The van der Waals surface area contributed by atoms with Crippen LogP contribution in [-0.2, 0) is 23.8 Å². The van der Waals surface area contributed by atoms with Gasteiger partial charge in [0.15, 0.2) is 6.29 Å². The van der Waals surface area contributed by atoms with Gasteiger partial charge in [-0.3, -0.25) is 4.79 Å². The van der Waals surface area contributed by atoms with E-state index in [1.54, 1.807) is 0 Å². The summed E-state index contributed by atoms with van der Waals surface area (Å²) < 4.78 is 14.5. The van der Waals surface area contributed by atoms with Crippen LogP contribution in [0.4, 0.5) is 0 Å². The van der Waals surface area contributed by atoms with Crippen LogP contribution in [0.25, 0.3) is 0 Å². The van der Waals surface area contributed by atoms with Crippen LogP contribution in [0, 0.1) is 5.92 Å². The fourth-order valence-corrected chi connectivity index (χ4v) is 0.923. The Morgan fingerprint density at radius 2 is 1.93 bits per heavy atom. The molecule has 14 heavy (non-hydrogen) atoms. The Morgan fingerprint density at radius 1 is 1.36 bits per heavy atom. The van der Waals surface area contributed by atoms with Gasteiger partial charge in [0.05, 0.1) is 5.92 Å². The van der Waals surface area contributed by atoms with E-state index >= 15 is 0 Å². The SMILES string of the molecule is COC(C[C@H](C=O)COC(C)=O)OC. The lowest BCUT2D eigenvalue weighted by atomic mass is 10.1. The lowest BCUT2D eigenvalue weighted by molar-refractivity contribution is -0.147. The summed E-state index contributed by atoms with van der Waals surface area (Å²) in [5.74, 6) is -0.785. The Labute approximate surface area is 83.3 Å². The first-order valence-electron chi connectivity index (χ1n) is 4.28. The highest BCUT2D eigenvalue weighted by molar-refractivity contribution is 5.66. The first-order chi connectivity index (χ1) is 6.63. The van der Waals surface area contributed by atoms with Gasteiger partial charge in [-0.1, -0.05) is 0 Å². The molecule has 0 aromatic carbocycles. The molecule has 0 aliphatic heterocycles. The van der Waals surface area contributed by atoms with Crippen LogP contribution in [0.1, 0.15) is 13.3 Å². The van der Waals surface area contributed by atoms with Crippen molar-refractivity contribution in [3.63, 3.8) is 0 Å². The van der Waals surface area contributed by atoms with Crippen LogP contribution in [0.15, 0.2) is 0 Å². The van der Waals surface area contributed by atoms with Crippen LogP contribution in [0.2, 0.25) is 0 Å². The number of esters is 1. The molecular weight excluding hydrogens is 188 g/mol. The molecule has 0 saturated heterocycles. The van der Waals surface area contributed by atoms with Crippen LogP contribution in [0.5, 0.6) is 0 Å². The van der Waals surface area contributed by atoms with E-state index in [1.807, 2.05) is 0 Å². The van der Waals surface area contributed by atoms with Gasteiger partial charge < -0.3 is 19.0 Å². The highest BCUT2D eigenvalue weighted by Crippen LogP contribution is 2.08. The zero-order chi connectivity index (χ0) is 11.0. The summed E-state index contributed by atoms with van der Waals surface area (Å²) in [6.45, 7) is 1.37. The lowest BCUT2D eigenvalue weighted by Gasteiger charge is -2.16. The summed E-state index contributed by atoms with van der Waals surface area (Å²) in [7, 11) is 2.98. The number of hydrogen-bond acceptors (Lipinski definition) is 5. The minimum absolute atomic E-state index is 0.0715. The van der Waals surface area contributed by atoms with E-state index in [0.717, 1.165) is 6.29 Å². The number of carbonyl (C=O) groups is 2. The predicted octanol–water partition coefficient (Wildman–Crippen LogP) is 0.374. The first-order valence-corrected chi connectivity index (χ1v) is 4.28. The van der Waals surface area contributed by atoms with Crippen molar-refractivity contribution in [1.82, 2.24) is 0 Å². The van der Waals surface area contributed by atoms with Crippen molar-refractivity contribution in [2.24, 2.45) is 5.92 Å². The average molecular weight is 204 g/mol. The Balaban J connectivity index is 3.88. The first kappa shape index (κ1) is 13.1. The van der Waals surface area contributed by atoms with Gasteiger partial charge in [-0.05, 0) is 0 Å². The highest BCUT2D eigenvalue weighted by Gasteiger charge is 2.16. The van der Waals surface area contributed by atoms with Crippen LogP contribution in [-0.4, -0.2) is 39.4 Å². The fourth-order valence-electron chi connectivity index (χ4n) is 0.923. The second kappa shape index (κ2) is 7.46. The molecule has 1 atom stereocenters. The number of methoxy groups -OCH3 is 2. The van der Waals surface area contributed by atoms with Crippen molar-refractivity contribution in [3.05, 3.63) is 0 Å². The minimum Gasteiger partial charge on any atom is -0.465 e. The predicted molar refractivity (Wildman–Crippen MR) is 48.6 cm³/mol. The summed E-state index contributed by atoms with van der Waals surface area (Å²) >= 11 is 0. The van der Waals surface area contributed by atoms with Gasteiger partial charge in [0.1, 0.15) is 12.9 Å². The van der Waals surface area contributed by atoms with Crippen LogP contribution < -0.4 is 0 Å². The molecule has 0 aliphatic rings. The second-order valence-electron chi connectivity index (χ2n) is 2.84. The minimum atomic E-state index is -0.444. The maximum absolute atomic E-state index is 10.6. The molecule has 5 nitrogen and oxygen atoms in total. The van der Waals surface area contributed by atoms with Crippen molar-refractivity contribution in [3.8, 4) is 0 Å². The fraction of sp³-hybridized carbons (Fsp3) is 0.778. The van der Waals surface area contributed by atoms with E-state index in [2.05, 4.69) is 0 Å². The number of hydrogen-bond donors (Lipinski definition) is 0. The Kier molecular flexibility index (Phi) is 6.96. The van der Waals surface area contributed by atoms with E-state index in [9.17, 15) is 9.59 Å². The van der Waals surface area contributed by atoms with Crippen molar-refractivity contribution >= 4 is 12.3 Å². The zero-order valence-corrected chi connectivity index (χ0v) is 8.69. The van der Waals surface area contributed by atoms with Gasteiger partial charge in [0, 0.05) is 27.6 Å². The van der Waals surface area contributed by atoms with E-state index in [4.69, 9.17) is 14.2 Å². The van der Waals surface area contributed by atoms with E-state index in [1.165, 1.54) is 21.1 Å². The molecule has 0 radical (unpaired) electrons. The largest absolute Gasteiger partial charge is 0.465 e. The molecule has 0 aromatic heterocycles. The molecule has 0 saturated carbocycles. The van der Waals surface area contributed by atoms with Gasteiger partial charge in [-0.2, -0.15) is 0 Å². The van der Waals surface area contributed by atoms with Crippen molar-refractivity contribution < 1.29 is 23.8 Å². The van der Waals surface area contributed by atoms with Crippen LogP contribution >= 0.6 is 0 Å². The molecular formula is C9H16O5. The number of rotatable bonds is 7. The van der Waals surface area contributed by atoms with E-state index < -0.39 is 12.3 Å². The van der Waals surface area contributed by atoms with Crippen LogP contribution in [0.3, 0.4) is 0 Å². The smallest absolute Gasteiger partial charge is 0.302 e. The molecule has 5 heteroatoms. The zero-order valence-electron chi connectivity index (χ0n) is 8.69. The Bertz CT molecular complexity index is 176. The molecule has 0 heterocycles. The molecule has 0 rings (SSSR count). The number of ether oxygens (including phenoxy) is 3. The lowest BCUT2D eigenvalue weighted by Crippen LogP contribution is -2.23. The monoisotopic (exact) mass is 204 g/mol. The van der Waals surface area contributed by atoms with E-state index in [-0.39, 0.29) is 12.5 Å². The molecule has 0 spiro atoms. The molecule has 0 fully saturated rings. The Morgan fingerprint density at radius 3 is 2.29 bits per heavy atom. The summed E-state index contributed by atoms with van der Waals surface area (Å²) in [5.41, 5.74) is 0. The molecule has 0 unspecified atom stereocenters. The molecule has 82 valence electrons. The molecule has 0 N–H and O–H groups in total. The summed E-state index contributed by atoms with van der Waals surface area (Å²) in [6.07, 6.45) is 0.665. The average Bonchev–Trinajstić information content (AvgIpc) is 2.18. The van der Waals surface area contributed by atoms with Crippen molar-refractivity contribution in [1.29, 1.82) is 0 Å². The molecule has 0 aliphatic carbocycles. The van der Waals surface area contributed by atoms with Gasteiger partial charge in [0.2, 0.25) is 0 Å². The number of carbonyl (C=O) groups excluding carboxylic acids is 2. The molecule has 0 aromatic rings. The second-order valence-corrected chi connectivity index (χ2v) is 2.84. The standard InChI is InChI=1S/C9H16O5/c1-7(11)14-6-8(5-10)4-9(12-2)13-3/h5,8-9H,4,6H2,1-3H3/t8-/m1/s1. The van der Waals surface area contributed by atoms with Gasteiger partial charge in [-0.15, -0.1) is 0 Å². The van der Waals surface area contributed by atoms with Gasteiger partial charge in [-0.25, -0.2) is 0 Å². The summed E-state index contributed by atoms with van der Waals surface area (Å²) in [4.78, 5) is 21.1. The summed E-state index contributed by atoms with van der Waals surface area (Å²) in [6, 6.07) is 0. The molecule has 0 bridgehead atoms. The maximum Gasteiger partial charge on any atom is 0.302 e. The Hall–Kier alpha value is -0.940. The summed E-state index contributed by atoms with van der Waals surface area (Å²) in [5, 5.41) is 0. The van der Waals surface area contributed by atoms with E-state index in [0.29, 0.717) is 6.42 Å². The quantitative estimate of drug-likeness (QED) is 0.340. The third-order valence-electron chi connectivity index (χ3n) is 1.71. The third-order valence-corrected chi connectivity index (χ3v) is 1.71. The number of aldehydes is 1.